The maximum atomic E-state index is 2.44. The molecule has 0 fully saturated rings. The largest absolute Gasteiger partial charge is 0.310 e. The number of hydrogen-bond donors (Lipinski definition) is 0. The molecule has 0 aromatic heterocycles. The van der Waals surface area contributed by atoms with Crippen LogP contribution in [0.1, 0.15) is 117 Å². The van der Waals surface area contributed by atoms with Crippen molar-refractivity contribution in [3.8, 4) is 22.3 Å². The van der Waals surface area contributed by atoms with Gasteiger partial charge in [0.05, 0.1) is 0 Å². The van der Waals surface area contributed by atoms with E-state index in [-0.39, 0.29) is 10.8 Å². The van der Waals surface area contributed by atoms with E-state index in [1.165, 1.54) is 145 Å². The van der Waals surface area contributed by atoms with Gasteiger partial charge in [-0.2, -0.15) is 0 Å². The van der Waals surface area contributed by atoms with E-state index in [9.17, 15) is 0 Å². The molecule has 0 heterocycles. The lowest BCUT2D eigenvalue weighted by Crippen LogP contribution is -2.17. The van der Waals surface area contributed by atoms with Crippen molar-refractivity contribution < 1.29 is 0 Å². The molecule has 2 nitrogen and oxygen atoms in total. The summed E-state index contributed by atoms with van der Waals surface area (Å²) in [5.74, 6) is 0. The first-order valence-electron chi connectivity index (χ1n) is 26.4. The van der Waals surface area contributed by atoms with E-state index in [1.807, 2.05) is 0 Å². The Morgan fingerprint density at radius 1 is 0.243 bits per heavy atom. The van der Waals surface area contributed by atoms with Crippen LogP contribution in [0, 0.1) is 55.4 Å². The Morgan fingerprint density at radius 2 is 0.473 bits per heavy atom. The molecule has 2 aliphatic carbocycles. The van der Waals surface area contributed by atoms with E-state index in [1.54, 1.807) is 0 Å². The molecule has 0 N–H and O–H groups in total. The molecule has 9 aromatic rings. The SMILES string of the molecule is Cc1cc(C)cc(N(c2cc(C)cc(C)c2)c2ccc3c(c2)C(C)(C)c2cc(/C=C/c4ccc(/C=C/c5ccc6c(c5)C(C)(C)c5cc(N(c7cc(C)cc(C)c7)c7cc(C)cc(C)c7)ccc5-6)cc4)ccc2-3)c1. The third kappa shape index (κ3) is 9.02. The topological polar surface area (TPSA) is 6.48 Å². The maximum absolute atomic E-state index is 2.44. The van der Waals surface area contributed by atoms with Crippen molar-refractivity contribution in [1.29, 1.82) is 0 Å². The quantitative estimate of drug-likeness (QED) is 0.126. The molecule has 0 radical (unpaired) electrons. The second-order valence-electron chi connectivity index (χ2n) is 22.7. The molecule has 2 aliphatic rings. The summed E-state index contributed by atoms with van der Waals surface area (Å²) in [4.78, 5) is 4.87. The lowest BCUT2D eigenvalue weighted by Gasteiger charge is -2.29. The van der Waals surface area contributed by atoms with Crippen molar-refractivity contribution in [3.63, 3.8) is 0 Å². The second kappa shape index (κ2) is 18.5. The number of hydrogen-bond acceptors (Lipinski definition) is 2. The third-order valence-corrected chi connectivity index (χ3v) is 15.6. The van der Waals surface area contributed by atoms with Crippen molar-refractivity contribution in [2.24, 2.45) is 0 Å². The second-order valence-corrected chi connectivity index (χ2v) is 22.7. The lowest BCUT2D eigenvalue weighted by atomic mass is 9.81. The Kier molecular flexibility index (Phi) is 12.1. The Hall–Kier alpha value is -7.94. The zero-order valence-electron chi connectivity index (χ0n) is 45.4. The van der Waals surface area contributed by atoms with Crippen LogP contribution >= 0.6 is 0 Å². The summed E-state index contributed by atoms with van der Waals surface area (Å²) in [7, 11) is 0. The molecule has 0 spiro atoms. The number of aryl methyl sites for hydroxylation is 8. The Morgan fingerprint density at radius 3 is 0.757 bits per heavy atom. The van der Waals surface area contributed by atoms with Crippen LogP contribution in [0.2, 0.25) is 0 Å². The molecule has 11 rings (SSSR count). The molecule has 0 aliphatic heterocycles. The van der Waals surface area contributed by atoms with E-state index in [2.05, 4.69) is 287 Å². The zero-order valence-corrected chi connectivity index (χ0v) is 45.4. The number of nitrogens with zero attached hydrogens (tertiary/aromatic N) is 2. The van der Waals surface area contributed by atoms with Crippen molar-refractivity contribution in [2.75, 3.05) is 9.80 Å². The summed E-state index contributed by atoms with van der Waals surface area (Å²) in [6.45, 7) is 27.1. The maximum Gasteiger partial charge on any atom is 0.0466 e. The fraction of sp³-hybridized carbons (Fsp3) is 0.194. The monoisotopic (exact) mass is 961 g/mol. The molecule has 2 heteroatoms. The van der Waals surface area contributed by atoms with E-state index in [0.717, 1.165) is 0 Å². The standard InChI is InChI=1S/C72H68N2/c1-45-29-46(2)34-59(33-45)73(60-35-47(3)30-48(4)36-60)57-23-27-65-63-25-21-55(41-67(63)71(9,10)69(65)43-57)19-17-53-13-15-54(16-14-53)18-20-56-22-26-64-66-28-24-58(44-70(66)72(11,12)68(64)42-56)74(61-37-49(5)31-50(6)38-61)62-39-51(7)32-52(8)40-62/h13-44H,1-12H3/b19-17+,20-18+. The van der Waals surface area contributed by atoms with E-state index < -0.39 is 0 Å². The molecular formula is C72H68N2. The number of rotatable bonds is 10. The third-order valence-electron chi connectivity index (χ3n) is 15.6. The smallest absolute Gasteiger partial charge is 0.0466 e. The molecule has 9 aromatic carbocycles. The lowest BCUT2D eigenvalue weighted by molar-refractivity contribution is 0.660. The molecule has 74 heavy (non-hydrogen) atoms. The van der Waals surface area contributed by atoms with E-state index in [0.29, 0.717) is 0 Å². The van der Waals surface area contributed by atoms with Crippen LogP contribution in [0.5, 0.6) is 0 Å². The van der Waals surface area contributed by atoms with Crippen molar-refractivity contribution in [3.05, 3.63) is 259 Å². The fourth-order valence-electron chi connectivity index (χ4n) is 12.3. The first-order valence-corrected chi connectivity index (χ1v) is 26.4. The van der Waals surface area contributed by atoms with Crippen LogP contribution in [0.4, 0.5) is 34.1 Å². The first kappa shape index (κ1) is 48.3. The van der Waals surface area contributed by atoms with Gasteiger partial charge in [-0.15, -0.1) is 0 Å². The molecule has 366 valence electrons. The number of anilines is 6. The van der Waals surface area contributed by atoms with Gasteiger partial charge in [-0.25, -0.2) is 0 Å². The molecule has 0 saturated carbocycles. The van der Waals surface area contributed by atoms with Gasteiger partial charge in [0.15, 0.2) is 0 Å². The highest BCUT2D eigenvalue weighted by molar-refractivity contribution is 5.89. The van der Waals surface area contributed by atoms with Crippen molar-refractivity contribution in [1.82, 2.24) is 0 Å². The van der Waals surface area contributed by atoms with E-state index in [4.69, 9.17) is 0 Å². The Bertz CT molecular complexity index is 3330. The first-order chi connectivity index (χ1) is 35.4. The van der Waals surface area contributed by atoms with Gasteiger partial charge in [-0.1, -0.05) is 149 Å². The minimum Gasteiger partial charge on any atom is -0.310 e. The highest BCUT2D eigenvalue weighted by Gasteiger charge is 2.38. The normalized spacial score (nSPS) is 13.8. The van der Waals surface area contributed by atoms with Gasteiger partial charge in [0.1, 0.15) is 0 Å². The summed E-state index contributed by atoms with van der Waals surface area (Å²) in [5, 5.41) is 0. The zero-order chi connectivity index (χ0) is 51.8. The van der Waals surface area contributed by atoms with Crippen molar-refractivity contribution >= 4 is 58.4 Å². The van der Waals surface area contributed by atoms with Gasteiger partial charge in [0.2, 0.25) is 0 Å². The van der Waals surface area contributed by atoms with Crippen molar-refractivity contribution in [2.45, 2.75) is 93.9 Å². The molecule has 0 unspecified atom stereocenters. The number of fused-ring (bicyclic) bond motifs is 6. The van der Waals surface area contributed by atoms with Gasteiger partial charge in [0.25, 0.3) is 0 Å². The van der Waals surface area contributed by atoms with E-state index >= 15 is 0 Å². The molecule has 0 atom stereocenters. The van der Waals surface area contributed by atoms with Crippen LogP contribution in [0.25, 0.3) is 46.6 Å². The van der Waals surface area contributed by atoms with Gasteiger partial charge >= 0.3 is 0 Å². The van der Waals surface area contributed by atoms with Crippen LogP contribution in [-0.2, 0) is 10.8 Å². The van der Waals surface area contributed by atoms with Gasteiger partial charge in [-0.3, -0.25) is 0 Å². The highest BCUT2D eigenvalue weighted by Crippen LogP contribution is 2.53. The summed E-state index contributed by atoms with van der Waals surface area (Å²) in [6, 6.07) is 64.5. The van der Waals surface area contributed by atoms with Crippen LogP contribution in [0.3, 0.4) is 0 Å². The number of benzene rings is 9. The predicted molar refractivity (Wildman–Crippen MR) is 320 cm³/mol. The van der Waals surface area contributed by atoms with Crippen LogP contribution < -0.4 is 9.80 Å². The average molecular weight is 961 g/mol. The Labute approximate surface area is 441 Å². The molecule has 0 amide bonds. The predicted octanol–water partition coefficient (Wildman–Crippen LogP) is 20.0. The summed E-state index contributed by atoms with van der Waals surface area (Å²) in [6.07, 6.45) is 9.00. The molecule has 0 saturated heterocycles. The minimum atomic E-state index is -0.165. The summed E-state index contributed by atoms with van der Waals surface area (Å²) in [5.41, 5.74) is 32.4. The highest BCUT2D eigenvalue weighted by atomic mass is 15.1. The average Bonchev–Trinajstić information content (AvgIpc) is 3.70. The summed E-state index contributed by atoms with van der Waals surface area (Å²) < 4.78 is 0. The Balaban J connectivity index is 0.809. The molecular weight excluding hydrogens is 893 g/mol. The van der Waals surface area contributed by atoms with Crippen LogP contribution in [0.15, 0.2) is 170 Å². The fourth-order valence-corrected chi connectivity index (χ4v) is 12.3. The van der Waals surface area contributed by atoms with Crippen LogP contribution in [-0.4, -0.2) is 0 Å². The van der Waals surface area contributed by atoms with Gasteiger partial charge < -0.3 is 9.80 Å². The minimum absolute atomic E-state index is 0.165. The van der Waals surface area contributed by atoms with Gasteiger partial charge in [0, 0.05) is 45.0 Å². The molecule has 0 bridgehead atoms. The van der Waals surface area contributed by atoms with Gasteiger partial charge in [-0.05, 0) is 239 Å². The summed E-state index contributed by atoms with van der Waals surface area (Å²) >= 11 is 0.